The number of ether oxygens (including phenoxy) is 1. The van der Waals surface area contributed by atoms with E-state index in [4.69, 9.17) is 15.3 Å². The molecule has 1 saturated heterocycles. The summed E-state index contributed by atoms with van der Waals surface area (Å²) in [6.45, 7) is 4.70. The Kier molecular flexibility index (Phi) is 6.78. The van der Waals surface area contributed by atoms with E-state index >= 15 is 0 Å². The number of hydrogen-bond donors (Lipinski definition) is 2. The highest BCUT2D eigenvalue weighted by atomic mass is 16.5. The molecule has 1 aliphatic heterocycles. The predicted molar refractivity (Wildman–Crippen MR) is 88.7 cm³/mol. The van der Waals surface area contributed by atoms with Crippen LogP contribution in [0.1, 0.15) is 5.56 Å². The van der Waals surface area contributed by atoms with Crippen LogP contribution in [0.2, 0.25) is 0 Å². The van der Waals surface area contributed by atoms with Gasteiger partial charge in [0.2, 0.25) is 0 Å². The normalized spacial score (nSPS) is 15.2. The van der Waals surface area contributed by atoms with E-state index in [9.17, 15) is 4.79 Å². The summed E-state index contributed by atoms with van der Waals surface area (Å²) in [6, 6.07) is 10.5. The number of morpholine rings is 1. The Morgan fingerprint density at radius 2 is 2.04 bits per heavy atom. The van der Waals surface area contributed by atoms with E-state index < -0.39 is 5.91 Å². The summed E-state index contributed by atoms with van der Waals surface area (Å²) in [7, 11) is 0. The molecule has 24 heavy (non-hydrogen) atoms. The third-order valence-corrected chi connectivity index (χ3v) is 3.58. The molecule has 1 aliphatic rings. The van der Waals surface area contributed by atoms with E-state index in [2.05, 4.69) is 15.5 Å². The topological polar surface area (TPSA) is 101 Å². The van der Waals surface area contributed by atoms with Crippen LogP contribution in [0.4, 0.5) is 5.69 Å². The molecular formula is C17H19N5O2. The lowest BCUT2D eigenvalue weighted by atomic mass is 10.2. The van der Waals surface area contributed by atoms with Gasteiger partial charge in [-0.1, -0.05) is 12.1 Å². The fraction of sp³-hybridized carbons (Fsp3) is 0.353. The van der Waals surface area contributed by atoms with E-state index in [1.807, 2.05) is 12.1 Å². The standard InChI is InChI=1S/C17H19N5O2/c18-11-14-3-1-2-4-16(14)21-17(23)15(12-19)13-20-5-6-22-7-9-24-10-8-22/h1-4,13,20H,5-10H2,(H,21,23)/b15-13-. The van der Waals surface area contributed by atoms with Gasteiger partial charge in [0.25, 0.3) is 5.91 Å². The number of nitrogens with one attached hydrogen (secondary N) is 2. The third-order valence-electron chi connectivity index (χ3n) is 3.58. The highest BCUT2D eigenvalue weighted by Crippen LogP contribution is 2.14. The number of anilines is 1. The minimum Gasteiger partial charge on any atom is -0.388 e. The largest absolute Gasteiger partial charge is 0.388 e. The second-order valence-corrected chi connectivity index (χ2v) is 5.19. The number of rotatable bonds is 6. The van der Waals surface area contributed by atoms with E-state index in [-0.39, 0.29) is 5.57 Å². The van der Waals surface area contributed by atoms with Crippen molar-refractivity contribution in [1.29, 1.82) is 10.5 Å². The number of amides is 1. The molecule has 1 fully saturated rings. The Labute approximate surface area is 141 Å². The number of hydrogen-bond acceptors (Lipinski definition) is 6. The summed E-state index contributed by atoms with van der Waals surface area (Å²) in [6.07, 6.45) is 1.41. The molecule has 7 heteroatoms. The number of nitrogens with zero attached hydrogens (tertiary/aromatic N) is 3. The van der Waals surface area contributed by atoms with Crippen LogP contribution in [-0.2, 0) is 9.53 Å². The Balaban J connectivity index is 1.86. The third kappa shape index (κ3) is 5.10. The summed E-state index contributed by atoms with van der Waals surface area (Å²) >= 11 is 0. The van der Waals surface area contributed by atoms with Crippen LogP contribution < -0.4 is 10.6 Å². The summed E-state index contributed by atoms with van der Waals surface area (Å²) in [5.41, 5.74) is 0.701. The molecule has 0 radical (unpaired) electrons. The maximum Gasteiger partial charge on any atom is 0.267 e. The van der Waals surface area contributed by atoms with E-state index in [1.54, 1.807) is 24.3 Å². The maximum atomic E-state index is 12.1. The summed E-state index contributed by atoms with van der Waals surface area (Å²) in [5.74, 6) is -0.543. The molecular weight excluding hydrogens is 306 g/mol. The van der Waals surface area contributed by atoms with Gasteiger partial charge in [-0.05, 0) is 12.1 Å². The minimum atomic E-state index is -0.543. The molecule has 0 bridgehead atoms. The van der Waals surface area contributed by atoms with Crippen molar-refractivity contribution in [1.82, 2.24) is 10.2 Å². The Bertz CT molecular complexity index is 681. The molecule has 1 heterocycles. The van der Waals surface area contributed by atoms with Crippen molar-refractivity contribution in [2.24, 2.45) is 0 Å². The molecule has 0 atom stereocenters. The molecule has 124 valence electrons. The van der Waals surface area contributed by atoms with Crippen molar-refractivity contribution in [3.05, 3.63) is 41.6 Å². The van der Waals surface area contributed by atoms with Crippen LogP contribution in [-0.4, -0.2) is 50.2 Å². The van der Waals surface area contributed by atoms with Gasteiger partial charge in [-0.25, -0.2) is 0 Å². The highest BCUT2D eigenvalue weighted by Gasteiger charge is 2.12. The first-order chi connectivity index (χ1) is 11.7. The van der Waals surface area contributed by atoms with Crippen LogP contribution in [0.25, 0.3) is 0 Å². The molecule has 1 amide bonds. The zero-order chi connectivity index (χ0) is 17.2. The molecule has 2 N–H and O–H groups in total. The van der Waals surface area contributed by atoms with Gasteiger partial charge in [-0.2, -0.15) is 10.5 Å². The lowest BCUT2D eigenvalue weighted by Gasteiger charge is -2.26. The van der Waals surface area contributed by atoms with Crippen molar-refractivity contribution in [3.63, 3.8) is 0 Å². The van der Waals surface area contributed by atoms with Gasteiger partial charge in [-0.3, -0.25) is 9.69 Å². The summed E-state index contributed by atoms with van der Waals surface area (Å²) in [5, 5.41) is 23.7. The number of carbonyl (C=O) groups excluding carboxylic acids is 1. The van der Waals surface area contributed by atoms with Crippen molar-refractivity contribution in [2.45, 2.75) is 0 Å². The molecule has 1 aromatic carbocycles. The SMILES string of the molecule is N#C/C(=C/NCCN1CCOCC1)C(=O)Nc1ccccc1C#N. The lowest BCUT2D eigenvalue weighted by molar-refractivity contribution is -0.112. The average molecular weight is 325 g/mol. The van der Waals surface area contributed by atoms with Crippen molar-refractivity contribution in [2.75, 3.05) is 44.7 Å². The van der Waals surface area contributed by atoms with Crippen LogP contribution in [0.15, 0.2) is 36.0 Å². The van der Waals surface area contributed by atoms with Crippen molar-refractivity contribution in [3.8, 4) is 12.1 Å². The summed E-state index contributed by atoms with van der Waals surface area (Å²) in [4.78, 5) is 14.4. The molecule has 0 spiro atoms. The second kappa shape index (κ2) is 9.31. The van der Waals surface area contributed by atoms with Crippen molar-refractivity contribution < 1.29 is 9.53 Å². The molecule has 2 rings (SSSR count). The number of nitriles is 2. The quantitative estimate of drug-likeness (QED) is 0.456. The summed E-state index contributed by atoms with van der Waals surface area (Å²) < 4.78 is 5.28. The fourth-order valence-electron chi connectivity index (χ4n) is 2.25. The zero-order valence-electron chi connectivity index (χ0n) is 13.3. The second-order valence-electron chi connectivity index (χ2n) is 5.19. The van der Waals surface area contributed by atoms with Gasteiger partial charge >= 0.3 is 0 Å². The van der Waals surface area contributed by atoms with Gasteiger partial charge in [0, 0.05) is 32.4 Å². The Morgan fingerprint density at radius 1 is 1.29 bits per heavy atom. The lowest BCUT2D eigenvalue weighted by Crippen LogP contribution is -2.39. The number of carbonyl (C=O) groups is 1. The van der Waals surface area contributed by atoms with Crippen molar-refractivity contribution >= 4 is 11.6 Å². The average Bonchev–Trinajstić information content (AvgIpc) is 2.63. The first-order valence-corrected chi connectivity index (χ1v) is 7.69. The molecule has 7 nitrogen and oxygen atoms in total. The maximum absolute atomic E-state index is 12.1. The van der Waals surface area contributed by atoms with Gasteiger partial charge in [0.1, 0.15) is 17.7 Å². The predicted octanol–water partition coefficient (Wildman–Crippen LogP) is 0.826. The number of benzene rings is 1. The van der Waals surface area contributed by atoms with Crippen LogP contribution >= 0.6 is 0 Å². The van der Waals surface area contributed by atoms with E-state index in [1.165, 1.54) is 6.20 Å². The van der Waals surface area contributed by atoms with E-state index in [0.717, 1.165) is 32.8 Å². The molecule has 0 unspecified atom stereocenters. The van der Waals surface area contributed by atoms with Crippen LogP contribution in [0, 0.1) is 22.7 Å². The first kappa shape index (κ1) is 17.5. The highest BCUT2D eigenvalue weighted by molar-refractivity contribution is 6.07. The zero-order valence-corrected chi connectivity index (χ0v) is 13.3. The van der Waals surface area contributed by atoms with Crippen LogP contribution in [0.3, 0.4) is 0 Å². The molecule has 0 saturated carbocycles. The van der Waals surface area contributed by atoms with Crippen LogP contribution in [0.5, 0.6) is 0 Å². The minimum absolute atomic E-state index is 0.0373. The molecule has 0 aliphatic carbocycles. The number of para-hydroxylation sites is 1. The Morgan fingerprint density at radius 3 is 2.75 bits per heavy atom. The van der Waals surface area contributed by atoms with E-state index in [0.29, 0.717) is 17.8 Å². The Hall–Kier alpha value is -2.87. The van der Waals surface area contributed by atoms with Gasteiger partial charge in [0.15, 0.2) is 0 Å². The molecule has 0 aromatic heterocycles. The first-order valence-electron chi connectivity index (χ1n) is 7.69. The van der Waals surface area contributed by atoms with Gasteiger partial charge in [0.05, 0.1) is 24.5 Å². The fourth-order valence-corrected chi connectivity index (χ4v) is 2.25. The van der Waals surface area contributed by atoms with Gasteiger partial charge in [-0.15, -0.1) is 0 Å². The van der Waals surface area contributed by atoms with Gasteiger partial charge < -0.3 is 15.4 Å². The monoisotopic (exact) mass is 325 g/mol. The smallest absolute Gasteiger partial charge is 0.267 e. The molecule has 1 aromatic rings.